The lowest BCUT2D eigenvalue weighted by Crippen LogP contribution is -2.13. The highest BCUT2D eigenvalue weighted by Crippen LogP contribution is 2.22. The lowest BCUT2D eigenvalue weighted by Gasteiger charge is -2.06. The number of methoxy groups -OCH3 is 1. The highest BCUT2D eigenvalue weighted by atomic mass is 35.5. The van der Waals surface area contributed by atoms with Crippen molar-refractivity contribution in [1.29, 1.82) is 0 Å². The molecule has 2 heterocycles. The van der Waals surface area contributed by atoms with Crippen molar-refractivity contribution in [2.45, 2.75) is 33.2 Å². The third-order valence-electron chi connectivity index (χ3n) is 3.22. The largest absolute Gasteiger partial charge is 0.481 e. The number of unbranched alkanes of at least 4 members (excludes halogenated alkanes) is 1. The van der Waals surface area contributed by atoms with E-state index in [9.17, 15) is 4.79 Å². The Bertz CT molecular complexity index is 652. The van der Waals surface area contributed by atoms with Crippen molar-refractivity contribution in [2.24, 2.45) is 0 Å². The van der Waals surface area contributed by atoms with E-state index >= 15 is 0 Å². The molecule has 0 spiro atoms. The molecule has 7 heteroatoms. The molecule has 1 N–H and O–H groups in total. The number of pyridine rings is 1. The van der Waals surface area contributed by atoms with Gasteiger partial charge in [-0.2, -0.15) is 5.10 Å². The number of anilines is 1. The summed E-state index contributed by atoms with van der Waals surface area (Å²) in [5.41, 5.74) is 1.58. The van der Waals surface area contributed by atoms with E-state index in [0.717, 1.165) is 12.8 Å². The Hall–Kier alpha value is -2.08. The number of carbonyl (C=O) groups is 1. The molecule has 2 aromatic heterocycles. The smallest absolute Gasteiger partial charge is 0.260 e. The maximum atomic E-state index is 12.4. The Morgan fingerprint density at radius 3 is 2.82 bits per heavy atom. The molecule has 2 rings (SSSR count). The first-order valence-corrected chi connectivity index (χ1v) is 7.49. The van der Waals surface area contributed by atoms with Gasteiger partial charge in [0.25, 0.3) is 5.91 Å². The van der Waals surface area contributed by atoms with Gasteiger partial charge in [0.15, 0.2) is 0 Å². The van der Waals surface area contributed by atoms with Crippen LogP contribution < -0.4 is 10.1 Å². The van der Waals surface area contributed by atoms with Crippen molar-refractivity contribution in [1.82, 2.24) is 14.8 Å². The number of hydrogen-bond acceptors (Lipinski definition) is 4. The highest BCUT2D eigenvalue weighted by molar-refractivity contribution is 6.33. The van der Waals surface area contributed by atoms with Gasteiger partial charge in [0, 0.05) is 12.6 Å². The minimum Gasteiger partial charge on any atom is -0.481 e. The van der Waals surface area contributed by atoms with E-state index in [1.54, 1.807) is 23.7 Å². The molecule has 0 saturated carbocycles. The minimum absolute atomic E-state index is 0.294. The van der Waals surface area contributed by atoms with Crippen LogP contribution in [0.3, 0.4) is 0 Å². The maximum absolute atomic E-state index is 12.4. The molecule has 0 aromatic carbocycles. The van der Waals surface area contributed by atoms with Gasteiger partial charge in [-0.1, -0.05) is 24.9 Å². The van der Waals surface area contributed by atoms with Gasteiger partial charge < -0.3 is 10.1 Å². The number of hydrogen-bond donors (Lipinski definition) is 1. The third-order valence-corrected chi connectivity index (χ3v) is 3.60. The van der Waals surface area contributed by atoms with Crippen molar-refractivity contribution in [3.63, 3.8) is 0 Å². The minimum atomic E-state index is -0.294. The molecule has 118 valence electrons. The number of carbonyl (C=O) groups excluding carboxylic acids is 1. The van der Waals surface area contributed by atoms with Gasteiger partial charge in [-0.05, 0) is 19.4 Å². The first kappa shape index (κ1) is 16.3. The molecule has 0 bridgehead atoms. The van der Waals surface area contributed by atoms with E-state index in [2.05, 4.69) is 22.3 Å². The van der Waals surface area contributed by atoms with Gasteiger partial charge in [-0.25, -0.2) is 4.98 Å². The van der Waals surface area contributed by atoms with Crippen molar-refractivity contribution < 1.29 is 9.53 Å². The third kappa shape index (κ3) is 3.57. The van der Waals surface area contributed by atoms with E-state index in [-0.39, 0.29) is 5.91 Å². The number of rotatable bonds is 6. The fraction of sp³-hybridized carbons (Fsp3) is 0.400. The molecule has 0 radical (unpaired) electrons. The molecule has 0 fully saturated rings. The molecule has 0 unspecified atom stereocenters. The van der Waals surface area contributed by atoms with Gasteiger partial charge in [-0.15, -0.1) is 0 Å². The van der Waals surface area contributed by atoms with Crippen LogP contribution in [0.25, 0.3) is 0 Å². The number of nitrogens with zero attached hydrogens (tertiary/aromatic N) is 3. The second-order valence-electron chi connectivity index (χ2n) is 4.87. The normalized spacial score (nSPS) is 10.5. The molecule has 0 aliphatic rings. The van der Waals surface area contributed by atoms with Crippen molar-refractivity contribution in [3.8, 4) is 5.88 Å². The number of ether oxygens (including phenoxy) is 1. The lowest BCUT2D eigenvalue weighted by molar-refractivity contribution is 0.102. The predicted octanol–water partition coefficient (Wildman–Crippen LogP) is 3.30. The molecular weight excluding hydrogens is 304 g/mol. The Morgan fingerprint density at radius 2 is 2.23 bits per heavy atom. The second-order valence-corrected chi connectivity index (χ2v) is 5.23. The lowest BCUT2D eigenvalue weighted by atomic mass is 10.2. The molecule has 0 atom stereocenters. The quantitative estimate of drug-likeness (QED) is 0.886. The summed E-state index contributed by atoms with van der Waals surface area (Å²) >= 11 is 6.28. The van der Waals surface area contributed by atoms with Crippen LogP contribution >= 0.6 is 11.6 Å². The molecule has 0 saturated heterocycles. The zero-order chi connectivity index (χ0) is 16.1. The van der Waals surface area contributed by atoms with Gasteiger partial charge in [0.05, 0.1) is 30.3 Å². The zero-order valence-corrected chi connectivity index (χ0v) is 13.6. The Morgan fingerprint density at radius 1 is 1.45 bits per heavy atom. The first-order valence-electron chi connectivity index (χ1n) is 7.11. The number of halogens is 1. The van der Waals surface area contributed by atoms with Crippen molar-refractivity contribution in [3.05, 3.63) is 34.7 Å². The number of nitrogens with one attached hydrogen (secondary N) is 1. The molecule has 22 heavy (non-hydrogen) atoms. The zero-order valence-electron chi connectivity index (χ0n) is 12.9. The Kier molecular flexibility index (Phi) is 5.38. The summed E-state index contributed by atoms with van der Waals surface area (Å²) in [5, 5.41) is 7.46. The standard InChI is InChI=1S/C15H19ClN4O2/c1-4-5-8-20-14(16)13(10(2)19-20)15(21)18-11-6-7-12(22-3)17-9-11/h6-7,9H,4-5,8H2,1-3H3,(H,18,21). The topological polar surface area (TPSA) is 69.0 Å². The van der Waals surface area contributed by atoms with Crippen LogP contribution in [-0.2, 0) is 6.54 Å². The van der Waals surface area contributed by atoms with Crippen LogP contribution in [0.1, 0.15) is 35.8 Å². The summed E-state index contributed by atoms with van der Waals surface area (Å²) in [6, 6.07) is 3.39. The second kappa shape index (κ2) is 7.26. The Labute approximate surface area is 134 Å². The van der Waals surface area contributed by atoms with Gasteiger partial charge in [-0.3, -0.25) is 9.48 Å². The maximum Gasteiger partial charge on any atom is 0.260 e. The number of amides is 1. The van der Waals surface area contributed by atoms with Gasteiger partial charge >= 0.3 is 0 Å². The summed E-state index contributed by atoms with van der Waals surface area (Å²) in [6.45, 7) is 4.57. The van der Waals surface area contributed by atoms with E-state index < -0.39 is 0 Å². The van der Waals surface area contributed by atoms with E-state index in [0.29, 0.717) is 34.5 Å². The molecule has 0 aliphatic carbocycles. The fourth-order valence-electron chi connectivity index (χ4n) is 2.04. The molecular formula is C15H19ClN4O2. The summed E-state index contributed by atoms with van der Waals surface area (Å²) in [4.78, 5) is 16.4. The average Bonchev–Trinajstić information content (AvgIpc) is 2.80. The van der Waals surface area contributed by atoms with Gasteiger partial charge in [0.2, 0.25) is 5.88 Å². The predicted molar refractivity (Wildman–Crippen MR) is 85.6 cm³/mol. The monoisotopic (exact) mass is 322 g/mol. The molecule has 2 aromatic rings. The van der Waals surface area contributed by atoms with E-state index in [1.807, 2.05) is 0 Å². The first-order chi connectivity index (χ1) is 10.6. The van der Waals surface area contributed by atoms with Crippen molar-refractivity contribution >= 4 is 23.2 Å². The SMILES string of the molecule is CCCCn1nc(C)c(C(=O)Nc2ccc(OC)nc2)c1Cl. The van der Waals surface area contributed by atoms with Gasteiger partial charge in [0.1, 0.15) is 5.15 Å². The van der Waals surface area contributed by atoms with Crippen LogP contribution in [-0.4, -0.2) is 27.8 Å². The fourth-order valence-corrected chi connectivity index (χ4v) is 2.38. The van der Waals surface area contributed by atoms with Crippen LogP contribution in [0, 0.1) is 6.92 Å². The molecule has 6 nitrogen and oxygen atoms in total. The summed E-state index contributed by atoms with van der Waals surface area (Å²) < 4.78 is 6.65. The Balaban J connectivity index is 2.16. The summed E-state index contributed by atoms with van der Waals surface area (Å²) in [7, 11) is 1.54. The van der Waals surface area contributed by atoms with Crippen molar-refractivity contribution in [2.75, 3.05) is 12.4 Å². The van der Waals surface area contributed by atoms with Crippen LogP contribution in [0.2, 0.25) is 5.15 Å². The van der Waals surface area contributed by atoms with E-state index in [1.165, 1.54) is 13.3 Å². The van der Waals surface area contributed by atoms with Crippen LogP contribution in [0.5, 0.6) is 5.88 Å². The average molecular weight is 323 g/mol. The van der Waals surface area contributed by atoms with E-state index in [4.69, 9.17) is 16.3 Å². The summed E-state index contributed by atoms with van der Waals surface area (Å²) in [6.07, 6.45) is 3.53. The summed E-state index contributed by atoms with van der Waals surface area (Å²) in [5.74, 6) is 0.191. The number of aryl methyl sites for hydroxylation is 2. The molecule has 0 aliphatic heterocycles. The molecule has 1 amide bonds. The van der Waals surface area contributed by atoms with Crippen LogP contribution in [0.15, 0.2) is 18.3 Å². The highest BCUT2D eigenvalue weighted by Gasteiger charge is 2.20. The number of aromatic nitrogens is 3. The van der Waals surface area contributed by atoms with Crippen LogP contribution in [0.4, 0.5) is 5.69 Å².